The molecule has 0 aliphatic heterocycles. The van der Waals surface area contributed by atoms with Crippen molar-refractivity contribution in [1.82, 2.24) is 9.78 Å². The largest absolute Gasteiger partial charge is 0.508 e. The van der Waals surface area contributed by atoms with Crippen molar-refractivity contribution in [2.75, 3.05) is 5.32 Å². The van der Waals surface area contributed by atoms with E-state index >= 15 is 0 Å². The van der Waals surface area contributed by atoms with E-state index < -0.39 is 0 Å². The first kappa shape index (κ1) is 16.4. The van der Waals surface area contributed by atoms with Crippen molar-refractivity contribution in [2.24, 2.45) is 5.92 Å². The van der Waals surface area contributed by atoms with E-state index in [1.165, 1.54) is 0 Å². The molecule has 4 nitrogen and oxygen atoms in total. The molecular weight excluding hydrogens is 274 g/mol. The molecule has 0 fully saturated rings. The molecule has 1 aromatic carbocycles. The molecule has 1 heterocycles. The average molecular weight is 296 g/mol. The number of hydrogen-bond acceptors (Lipinski definition) is 3. The maximum atomic E-state index is 9.42. The molecule has 110 valence electrons. The summed E-state index contributed by atoms with van der Waals surface area (Å²) in [6, 6.07) is 7.28. The van der Waals surface area contributed by atoms with Crippen molar-refractivity contribution in [1.29, 1.82) is 0 Å². The van der Waals surface area contributed by atoms with E-state index in [1.54, 1.807) is 12.1 Å². The van der Waals surface area contributed by atoms with Crippen LogP contribution >= 0.6 is 12.4 Å². The first-order valence-corrected chi connectivity index (χ1v) is 6.60. The normalized spacial score (nSPS) is 10.4. The first-order chi connectivity index (χ1) is 9.04. The second-order valence-corrected chi connectivity index (χ2v) is 5.27. The van der Waals surface area contributed by atoms with Crippen molar-refractivity contribution in [3.05, 3.63) is 41.7 Å². The minimum atomic E-state index is 0. The maximum absolute atomic E-state index is 9.42. The number of rotatable bonds is 5. The summed E-state index contributed by atoms with van der Waals surface area (Å²) in [4.78, 5) is 0. The fourth-order valence-corrected chi connectivity index (χ4v) is 2.02. The van der Waals surface area contributed by atoms with Crippen LogP contribution in [0.2, 0.25) is 0 Å². The van der Waals surface area contributed by atoms with Gasteiger partial charge >= 0.3 is 0 Å². The Morgan fingerprint density at radius 3 is 2.75 bits per heavy atom. The van der Waals surface area contributed by atoms with Crippen LogP contribution in [0.5, 0.6) is 5.75 Å². The van der Waals surface area contributed by atoms with Crippen LogP contribution in [0.1, 0.15) is 25.1 Å². The lowest BCUT2D eigenvalue weighted by Gasteiger charge is -2.05. The highest BCUT2D eigenvalue weighted by atomic mass is 35.5. The number of phenolic OH excluding ortho intramolecular Hbond substituents is 1. The Bertz CT molecular complexity index is 552. The van der Waals surface area contributed by atoms with Gasteiger partial charge in [-0.2, -0.15) is 5.10 Å². The van der Waals surface area contributed by atoms with Gasteiger partial charge in [-0.15, -0.1) is 12.4 Å². The monoisotopic (exact) mass is 295 g/mol. The van der Waals surface area contributed by atoms with Crippen LogP contribution < -0.4 is 5.32 Å². The molecule has 0 radical (unpaired) electrons. The number of aryl methyl sites for hydroxylation is 1. The first-order valence-electron chi connectivity index (χ1n) is 6.60. The third-order valence-electron chi connectivity index (χ3n) is 2.89. The lowest BCUT2D eigenvalue weighted by molar-refractivity contribution is 0.474. The van der Waals surface area contributed by atoms with Gasteiger partial charge < -0.3 is 10.4 Å². The highest BCUT2D eigenvalue weighted by Crippen LogP contribution is 2.16. The van der Waals surface area contributed by atoms with Crippen molar-refractivity contribution < 1.29 is 5.11 Å². The van der Waals surface area contributed by atoms with Crippen LogP contribution in [0.4, 0.5) is 5.69 Å². The molecule has 5 heteroatoms. The summed E-state index contributed by atoms with van der Waals surface area (Å²) in [5.74, 6) is 0.879. The quantitative estimate of drug-likeness (QED) is 0.886. The van der Waals surface area contributed by atoms with E-state index in [0.29, 0.717) is 18.2 Å². The molecule has 0 aliphatic rings. The number of benzene rings is 1. The number of anilines is 1. The number of hydrogen-bond donors (Lipinski definition) is 2. The Morgan fingerprint density at radius 1 is 1.35 bits per heavy atom. The molecule has 0 saturated heterocycles. The topological polar surface area (TPSA) is 50.1 Å². The second-order valence-electron chi connectivity index (χ2n) is 5.27. The molecule has 20 heavy (non-hydrogen) atoms. The fraction of sp³-hybridized carbons (Fsp3) is 0.400. The van der Waals surface area contributed by atoms with Crippen LogP contribution in [-0.4, -0.2) is 14.9 Å². The smallest absolute Gasteiger partial charge is 0.115 e. The highest BCUT2D eigenvalue weighted by Gasteiger charge is 2.06. The summed E-state index contributed by atoms with van der Waals surface area (Å²) in [5.41, 5.74) is 3.10. The summed E-state index contributed by atoms with van der Waals surface area (Å²) in [7, 11) is 0. The summed E-state index contributed by atoms with van der Waals surface area (Å²) < 4.78 is 1.98. The lowest BCUT2D eigenvalue weighted by Crippen LogP contribution is -2.04. The maximum Gasteiger partial charge on any atom is 0.115 e. The molecule has 0 atom stereocenters. The van der Waals surface area contributed by atoms with Crippen LogP contribution in [0.15, 0.2) is 30.5 Å². The van der Waals surface area contributed by atoms with Gasteiger partial charge in [0.25, 0.3) is 0 Å². The molecule has 0 saturated carbocycles. The summed E-state index contributed by atoms with van der Waals surface area (Å²) in [5, 5.41) is 17.3. The molecule has 2 N–H and O–H groups in total. The van der Waals surface area contributed by atoms with Gasteiger partial charge in [-0.05, 0) is 30.5 Å². The predicted octanol–water partition coefficient (Wildman–Crippen LogP) is 3.59. The molecule has 1 aromatic heterocycles. The van der Waals surface area contributed by atoms with Crippen molar-refractivity contribution in [2.45, 2.75) is 33.9 Å². The minimum absolute atomic E-state index is 0. The average Bonchev–Trinajstić information content (AvgIpc) is 2.66. The Kier molecular flexibility index (Phi) is 5.89. The van der Waals surface area contributed by atoms with Gasteiger partial charge in [-0.1, -0.05) is 26.0 Å². The number of nitrogens with zero attached hydrogens (tertiary/aromatic N) is 2. The Balaban J connectivity index is 0.00000200. The molecular formula is C15H22ClN3O. The van der Waals surface area contributed by atoms with Gasteiger partial charge in [0.2, 0.25) is 0 Å². The second kappa shape index (κ2) is 7.20. The summed E-state index contributed by atoms with van der Waals surface area (Å²) >= 11 is 0. The Hall–Kier alpha value is -1.68. The van der Waals surface area contributed by atoms with Gasteiger partial charge in [-0.25, -0.2) is 0 Å². The van der Waals surface area contributed by atoms with E-state index in [9.17, 15) is 5.11 Å². The van der Waals surface area contributed by atoms with E-state index in [4.69, 9.17) is 0 Å². The molecule has 0 unspecified atom stereocenters. The van der Waals surface area contributed by atoms with E-state index in [-0.39, 0.29) is 12.4 Å². The van der Waals surface area contributed by atoms with Gasteiger partial charge in [0.1, 0.15) is 5.75 Å². The van der Waals surface area contributed by atoms with E-state index in [2.05, 4.69) is 24.3 Å². The van der Waals surface area contributed by atoms with Crippen LogP contribution in [0.25, 0.3) is 0 Å². The van der Waals surface area contributed by atoms with Gasteiger partial charge in [-0.3, -0.25) is 4.68 Å². The van der Waals surface area contributed by atoms with Crippen molar-refractivity contribution >= 4 is 18.1 Å². The third-order valence-corrected chi connectivity index (χ3v) is 2.89. The van der Waals surface area contributed by atoms with Gasteiger partial charge in [0.05, 0.1) is 11.4 Å². The van der Waals surface area contributed by atoms with E-state index in [0.717, 1.165) is 23.5 Å². The lowest BCUT2D eigenvalue weighted by atomic mass is 10.2. The minimum Gasteiger partial charge on any atom is -0.508 e. The Morgan fingerprint density at radius 2 is 2.10 bits per heavy atom. The predicted molar refractivity (Wildman–Crippen MR) is 84.5 cm³/mol. The van der Waals surface area contributed by atoms with Gasteiger partial charge in [0, 0.05) is 19.3 Å². The van der Waals surface area contributed by atoms with Gasteiger partial charge in [0.15, 0.2) is 0 Å². The number of aromatic hydroxyl groups is 1. The molecule has 2 aromatic rings. The standard InChI is InChI=1S/C15H21N3O.ClH/c1-11(2)9-18-10-15(12(3)17-18)16-8-13-5-4-6-14(19)7-13;/h4-7,10-11,16,19H,8-9H2,1-3H3;1H. The molecule has 0 aliphatic carbocycles. The number of aromatic nitrogens is 2. The van der Waals surface area contributed by atoms with Crippen molar-refractivity contribution in [3.63, 3.8) is 0 Å². The van der Waals surface area contributed by atoms with Crippen LogP contribution in [-0.2, 0) is 13.1 Å². The number of halogens is 1. The van der Waals surface area contributed by atoms with Crippen LogP contribution in [0, 0.1) is 12.8 Å². The SMILES string of the molecule is Cc1nn(CC(C)C)cc1NCc1cccc(O)c1.Cl. The highest BCUT2D eigenvalue weighted by molar-refractivity contribution is 5.85. The summed E-state index contributed by atoms with van der Waals surface area (Å²) in [6.07, 6.45) is 2.04. The molecule has 0 amide bonds. The molecule has 0 bridgehead atoms. The van der Waals surface area contributed by atoms with Crippen molar-refractivity contribution in [3.8, 4) is 5.75 Å². The molecule has 0 spiro atoms. The zero-order valence-electron chi connectivity index (χ0n) is 12.1. The fourth-order valence-electron chi connectivity index (χ4n) is 2.02. The van der Waals surface area contributed by atoms with E-state index in [1.807, 2.05) is 29.9 Å². The number of nitrogens with one attached hydrogen (secondary N) is 1. The zero-order valence-corrected chi connectivity index (χ0v) is 12.9. The Labute approximate surface area is 126 Å². The zero-order chi connectivity index (χ0) is 13.8. The third kappa shape index (κ3) is 4.46. The number of phenols is 1. The molecule has 2 rings (SSSR count). The van der Waals surface area contributed by atoms with Crippen LogP contribution in [0.3, 0.4) is 0 Å². The summed E-state index contributed by atoms with van der Waals surface area (Å²) in [6.45, 7) is 7.96.